The maximum absolute atomic E-state index is 12.6. The highest BCUT2D eigenvalue weighted by molar-refractivity contribution is 6.04. The molecule has 0 radical (unpaired) electrons. The maximum atomic E-state index is 12.6. The molecule has 6 nitrogen and oxygen atoms in total. The number of amides is 1. The first kappa shape index (κ1) is 19.7. The van der Waals surface area contributed by atoms with Gasteiger partial charge in [0.2, 0.25) is 0 Å². The normalized spacial score (nSPS) is 21.6. The average molecular weight is 373 g/mol. The minimum absolute atomic E-state index is 0.107. The maximum Gasteiger partial charge on any atom is 0.326 e. The monoisotopic (exact) mass is 372 g/mol. The van der Waals surface area contributed by atoms with Gasteiger partial charge in [-0.25, -0.2) is 4.79 Å². The molecular weight excluding hydrogens is 340 g/mol. The molecule has 1 fully saturated rings. The molecule has 1 atom stereocenters. The summed E-state index contributed by atoms with van der Waals surface area (Å²) in [5.41, 5.74) is 7.12. The number of primary amides is 1. The molecule has 1 aliphatic carbocycles. The summed E-state index contributed by atoms with van der Waals surface area (Å²) in [4.78, 5) is 27.3. The Labute approximate surface area is 160 Å². The second kappa shape index (κ2) is 8.30. The minimum Gasteiger partial charge on any atom is -0.366 e. The van der Waals surface area contributed by atoms with Crippen LogP contribution in [-0.4, -0.2) is 27.5 Å². The molecule has 1 aromatic carbocycles. The van der Waals surface area contributed by atoms with Crippen LogP contribution in [-0.2, 0) is 0 Å². The van der Waals surface area contributed by atoms with Gasteiger partial charge in [-0.3, -0.25) is 9.36 Å². The zero-order chi connectivity index (χ0) is 19.6. The van der Waals surface area contributed by atoms with Gasteiger partial charge in [0.25, 0.3) is 5.91 Å². The molecule has 2 aromatic rings. The molecule has 1 saturated carbocycles. The van der Waals surface area contributed by atoms with Gasteiger partial charge >= 0.3 is 5.69 Å². The lowest BCUT2D eigenvalue weighted by atomic mass is 9.90. The number of nitrogens with zero attached hydrogens (tertiary/aromatic N) is 1. The van der Waals surface area contributed by atoms with E-state index in [1.165, 1.54) is 12.8 Å². The third kappa shape index (κ3) is 4.43. The summed E-state index contributed by atoms with van der Waals surface area (Å²) < 4.78 is 1.76. The number of imidazole rings is 1. The topological polar surface area (TPSA) is 92.9 Å². The van der Waals surface area contributed by atoms with E-state index in [-0.39, 0.29) is 11.7 Å². The van der Waals surface area contributed by atoms with Gasteiger partial charge in [0.1, 0.15) is 0 Å². The van der Waals surface area contributed by atoms with E-state index in [0.29, 0.717) is 28.7 Å². The van der Waals surface area contributed by atoms with Crippen molar-refractivity contribution in [1.82, 2.24) is 14.9 Å². The van der Waals surface area contributed by atoms with Crippen LogP contribution < -0.4 is 16.7 Å². The van der Waals surface area contributed by atoms with E-state index < -0.39 is 5.91 Å². The van der Waals surface area contributed by atoms with Crippen molar-refractivity contribution in [2.24, 2.45) is 11.7 Å². The fraction of sp³-hybridized carbons (Fsp3) is 0.619. The average Bonchev–Trinajstić information content (AvgIpc) is 2.96. The third-order valence-electron chi connectivity index (χ3n) is 5.76. The number of rotatable bonds is 7. The zero-order valence-corrected chi connectivity index (χ0v) is 16.6. The van der Waals surface area contributed by atoms with E-state index in [1.807, 2.05) is 6.07 Å². The van der Waals surface area contributed by atoms with Gasteiger partial charge in [0, 0.05) is 18.1 Å². The van der Waals surface area contributed by atoms with Crippen molar-refractivity contribution < 1.29 is 4.79 Å². The number of nitrogens with two attached hydrogens (primary N) is 1. The van der Waals surface area contributed by atoms with Crippen LogP contribution in [0.1, 0.15) is 75.7 Å². The summed E-state index contributed by atoms with van der Waals surface area (Å²) in [7, 11) is 0. The highest BCUT2D eigenvalue weighted by atomic mass is 16.1. The molecule has 4 N–H and O–H groups in total. The predicted octanol–water partition coefficient (Wildman–Crippen LogP) is 3.33. The Bertz CT molecular complexity index is 843. The molecule has 1 unspecified atom stereocenters. The molecule has 1 aromatic heterocycles. The molecule has 0 aliphatic heterocycles. The number of H-pyrrole nitrogens is 1. The quantitative estimate of drug-likeness (QED) is 0.696. The summed E-state index contributed by atoms with van der Waals surface area (Å²) in [6.45, 7) is 6.78. The van der Waals surface area contributed by atoms with E-state index >= 15 is 0 Å². The van der Waals surface area contributed by atoms with Gasteiger partial charge < -0.3 is 16.0 Å². The van der Waals surface area contributed by atoms with E-state index in [0.717, 1.165) is 31.6 Å². The number of benzene rings is 1. The molecule has 148 valence electrons. The van der Waals surface area contributed by atoms with Gasteiger partial charge in [0.15, 0.2) is 0 Å². The smallest absolute Gasteiger partial charge is 0.326 e. The van der Waals surface area contributed by atoms with Crippen molar-refractivity contribution in [3.63, 3.8) is 0 Å². The Hall–Kier alpha value is -2.08. The molecule has 1 heterocycles. The molecular formula is C21H32N4O2. The summed E-state index contributed by atoms with van der Waals surface area (Å²) >= 11 is 0. The number of carbonyl (C=O) groups is 1. The number of aromatic nitrogens is 2. The first-order valence-corrected chi connectivity index (χ1v) is 10.2. The Morgan fingerprint density at radius 3 is 2.56 bits per heavy atom. The van der Waals surface area contributed by atoms with Crippen molar-refractivity contribution in [1.29, 1.82) is 0 Å². The molecule has 27 heavy (non-hydrogen) atoms. The molecule has 0 spiro atoms. The fourth-order valence-corrected chi connectivity index (χ4v) is 4.30. The lowest BCUT2D eigenvalue weighted by Crippen LogP contribution is -2.40. The molecule has 1 aliphatic rings. The van der Waals surface area contributed by atoms with Crippen LogP contribution in [0.2, 0.25) is 0 Å². The number of aromatic amines is 1. The van der Waals surface area contributed by atoms with Crippen molar-refractivity contribution in [3.8, 4) is 0 Å². The van der Waals surface area contributed by atoms with Gasteiger partial charge in [-0.2, -0.15) is 0 Å². The first-order chi connectivity index (χ1) is 12.9. The summed E-state index contributed by atoms with van der Waals surface area (Å²) in [6.07, 6.45) is 6.36. The van der Waals surface area contributed by atoms with Crippen LogP contribution in [0.3, 0.4) is 0 Å². The van der Waals surface area contributed by atoms with Gasteiger partial charge in [-0.1, -0.05) is 19.9 Å². The van der Waals surface area contributed by atoms with E-state index in [4.69, 9.17) is 5.73 Å². The Morgan fingerprint density at radius 1 is 1.22 bits per heavy atom. The number of hydrogen-bond acceptors (Lipinski definition) is 3. The SMILES string of the molecule is CC(C)CCC(C)NC1CCC(n2c(=O)[nH]c3cccc(C(N)=O)c32)CC1. The zero-order valence-electron chi connectivity index (χ0n) is 16.6. The number of para-hydroxylation sites is 1. The standard InChI is InChI=1S/C21H32N4O2/c1-13(2)7-8-14(3)23-15-9-11-16(12-10-15)25-19-17(20(22)26)5-4-6-18(19)24-21(25)27/h4-6,13-16,23H,7-12H2,1-3H3,(H2,22,26)(H,24,27). The predicted molar refractivity (Wildman–Crippen MR) is 109 cm³/mol. The van der Waals surface area contributed by atoms with Crippen LogP contribution in [0.25, 0.3) is 11.0 Å². The Balaban J connectivity index is 1.71. The molecule has 6 heteroatoms. The number of nitrogens with one attached hydrogen (secondary N) is 2. The highest BCUT2D eigenvalue weighted by Gasteiger charge is 2.27. The lowest BCUT2D eigenvalue weighted by Gasteiger charge is -2.32. The highest BCUT2D eigenvalue weighted by Crippen LogP contribution is 2.31. The van der Waals surface area contributed by atoms with Crippen LogP contribution in [0, 0.1) is 5.92 Å². The van der Waals surface area contributed by atoms with Crippen molar-refractivity contribution in [2.75, 3.05) is 0 Å². The third-order valence-corrected chi connectivity index (χ3v) is 5.76. The van der Waals surface area contributed by atoms with Gasteiger partial charge in [0.05, 0.1) is 16.6 Å². The molecule has 1 amide bonds. The van der Waals surface area contributed by atoms with Crippen LogP contribution in [0.5, 0.6) is 0 Å². The summed E-state index contributed by atoms with van der Waals surface area (Å²) in [5, 5.41) is 3.75. The Morgan fingerprint density at radius 2 is 1.93 bits per heavy atom. The largest absolute Gasteiger partial charge is 0.366 e. The van der Waals surface area contributed by atoms with Crippen LogP contribution in [0.15, 0.2) is 23.0 Å². The van der Waals surface area contributed by atoms with E-state index in [1.54, 1.807) is 16.7 Å². The van der Waals surface area contributed by atoms with Crippen LogP contribution >= 0.6 is 0 Å². The summed E-state index contributed by atoms with van der Waals surface area (Å²) in [5.74, 6) is 0.237. The Kier molecular flexibility index (Phi) is 6.05. The summed E-state index contributed by atoms with van der Waals surface area (Å²) in [6, 6.07) is 6.39. The van der Waals surface area contributed by atoms with Crippen LogP contribution in [0.4, 0.5) is 0 Å². The second-order valence-electron chi connectivity index (χ2n) is 8.41. The van der Waals surface area contributed by atoms with Crippen molar-refractivity contribution >= 4 is 16.9 Å². The van der Waals surface area contributed by atoms with Crippen molar-refractivity contribution in [2.45, 2.75) is 77.4 Å². The van der Waals surface area contributed by atoms with E-state index in [2.05, 4.69) is 31.1 Å². The minimum atomic E-state index is -0.498. The van der Waals surface area contributed by atoms with E-state index in [9.17, 15) is 9.59 Å². The fourth-order valence-electron chi connectivity index (χ4n) is 4.30. The van der Waals surface area contributed by atoms with Gasteiger partial charge in [-0.05, 0) is 63.5 Å². The second-order valence-corrected chi connectivity index (χ2v) is 8.41. The lowest BCUT2D eigenvalue weighted by molar-refractivity contribution is 0.100. The molecule has 3 rings (SSSR count). The molecule has 0 bridgehead atoms. The number of fused-ring (bicyclic) bond motifs is 1. The van der Waals surface area contributed by atoms with Crippen molar-refractivity contribution in [3.05, 3.63) is 34.2 Å². The molecule has 0 saturated heterocycles. The first-order valence-electron chi connectivity index (χ1n) is 10.2. The van der Waals surface area contributed by atoms with Gasteiger partial charge in [-0.15, -0.1) is 0 Å². The number of carbonyl (C=O) groups excluding carboxylic acids is 1. The number of hydrogen-bond donors (Lipinski definition) is 3.